The molecular weight excluding hydrogens is 332 g/mol. The number of hydrogen-bond acceptors (Lipinski definition) is 6. The minimum absolute atomic E-state index is 0.0396. The topological polar surface area (TPSA) is 112 Å². The molecule has 0 heterocycles. The Morgan fingerprint density at radius 3 is 2.25 bits per heavy atom. The molecule has 0 amide bonds. The molecule has 0 saturated heterocycles. The first-order valence-electron chi connectivity index (χ1n) is 7.12. The van der Waals surface area contributed by atoms with E-state index in [4.69, 9.17) is 0 Å². The molecule has 0 unspecified atom stereocenters. The lowest BCUT2D eigenvalue weighted by Crippen LogP contribution is -2.25. The normalized spacial score (nSPS) is 11.2. The van der Waals surface area contributed by atoms with Gasteiger partial charge < -0.3 is 15.0 Å². The number of phenolic OH excluding ortho intramolecular Hbond substituents is 1. The van der Waals surface area contributed by atoms with E-state index in [1.165, 1.54) is 30.3 Å². The van der Waals surface area contributed by atoms with Crippen LogP contribution in [0, 0.1) is 0 Å². The Labute approximate surface area is 139 Å². The Kier molecular flexibility index (Phi) is 5.35. The van der Waals surface area contributed by atoms with Gasteiger partial charge in [-0.2, -0.15) is 0 Å². The molecule has 0 fully saturated rings. The molecule has 2 aromatic carbocycles. The van der Waals surface area contributed by atoms with E-state index in [1.54, 1.807) is 12.1 Å². The fourth-order valence-electron chi connectivity index (χ4n) is 2.19. The molecule has 0 aliphatic carbocycles. The predicted molar refractivity (Wildman–Crippen MR) is 84.3 cm³/mol. The van der Waals surface area contributed by atoms with Crippen molar-refractivity contribution in [3.63, 3.8) is 0 Å². The van der Waals surface area contributed by atoms with Crippen LogP contribution in [0.25, 0.3) is 0 Å². The Balaban J connectivity index is 2.06. The summed E-state index contributed by atoms with van der Waals surface area (Å²) in [5.41, 5.74) is 0.244. The highest BCUT2D eigenvalue weighted by Gasteiger charge is 2.20. The Morgan fingerprint density at radius 1 is 1.00 bits per heavy atom. The van der Waals surface area contributed by atoms with Crippen LogP contribution >= 0.6 is 0 Å². The number of carboxylic acids is 1. The summed E-state index contributed by atoms with van der Waals surface area (Å²) in [4.78, 5) is 22.6. The van der Waals surface area contributed by atoms with Crippen LogP contribution in [0.4, 0.5) is 0 Å². The predicted octanol–water partition coefficient (Wildman–Crippen LogP) is 0.731. The van der Waals surface area contributed by atoms with E-state index in [2.05, 4.69) is 0 Å². The molecule has 0 aromatic heterocycles. The number of benzene rings is 2. The number of Topliss-reactive ketones (excluding diaryl/α,β-unsaturated/α-hetero) is 1. The van der Waals surface area contributed by atoms with Gasteiger partial charge >= 0.3 is 0 Å². The molecule has 24 heavy (non-hydrogen) atoms. The average Bonchev–Trinajstić information content (AvgIpc) is 2.55. The standard InChI is InChI=1S/C17H16O6S/c18-13-7-5-12(6-8-13)11-14(19)9-10-24(22,23)16-4-2-1-3-15(16)17(20)21/h1-8,18H,9-11H2,(H,20,21)/p-1. The highest BCUT2D eigenvalue weighted by atomic mass is 32.2. The van der Waals surface area contributed by atoms with Gasteiger partial charge in [0.15, 0.2) is 9.84 Å². The number of aromatic hydroxyl groups is 1. The van der Waals surface area contributed by atoms with Crippen molar-refractivity contribution >= 4 is 21.6 Å². The second kappa shape index (κ2) is 7.27. The minimum Gasteiger partial charge on any atom is -0.545 e. The second-order valence-electron chi connectivity index (χ2n) is 5.23. The molecule has 2 aromatic rings. The molecule has 0 spiro atoms. The van der Waals surface area contributed by atoms with Gasteiger partial charge in [-0.25, -0.2) is 8.42 Å². The zero-order chi connectivity index (χ0) is 17.7. The van der Waals surface area contributed by atoms with Crippen molar-refractivity contribution in [1.82, 2.24) is 0 Å². The maximum Gasteiger partial charge on any atom is 0.179 e. The Morgan fingerprint density at radius 2 is 1.62 bits per heavy atom. The van der Waals surface area contributed by atoms with Gasteiger partial charge in [-0.15, -0.1) is 0 Å². The third-order valence-electron chi connectivity index (χ3n) is 3.43. The van der Waals surface area contributed by atoms with Crippen LogP contribution in [0.2, 0.25) is 0 Å². The molecule has 6 nitrogen and oxygen atoms in total. The third-order valence-corrected chi connectivity index (χ3v) is 5.20. The van der Waals surface area contributed by atoms with Crippen molar-refractivity contribution in [3.05, 3.63) is 59.7 Å². The fourth-order valence-corrected chi connectivity index (χ4v) is 3.68. The van der Waals surface area contributed by atoms with Gasteiger partial charge in [0.25, 0.3) is 0 Å². The molecule has 0 aliphatic rings. The maximum absolute atomic E-state index is 12.3. The van der Waals surface area contributed by atoms with E-state index in [1.807, 2.05) is 0 Å². The Bertz CT molecular complexity index is 853. The number of ketones is 1. The zero-order valence-corrected chi connectivity index (χ0v) is 13.5. The molecule has 0 aliphatic heterocycles. The summed E-state index contributed by atoms with van der Waals surface area (Å²) in [5, 5.41) is 20.2. The monoisotopic (exact) mass is 347 g/mol. The van der Waals surface area contributed by atoms with Crippen LogP contribution in [-0.2, 0) is 21.1 Å². The summed E-state index contributed by atoms with van der Waals surface area (Å²) in [5.74, 6) is -2.28. The molecule has 1 N–H and O–H groups in total. The smallest absolute Gasteiger partial charge is 0.179 e. The number of carbonyl (C=O) groups is 2. The molecule has 2 rings (SSSR count). The third kappa shape index (κ3) is 4.42. The molecular formula is C17H15O6S-. The van der Waals surface area contributed by atoms with E-state index in [9.17, 15) is 28.2 Å². The van der Waals surface area contributed by atoms with Gasteiger partial charge in [0.2, 0.25) is 0 Å². The lowest BCUT2D eigenvalue weighted by molar-refractivity contribution is -0.255. The van der Waals surface area contributed by atoms with Gasteiger partial charge in [-0.3, -0.25) is 4.79 Å². The summed E-state index contributed by atoms with van der Waals surface area (Å²) >= 11 is 0. The summed E-state index contributed by atoms with van der Waals surface area (Å²) < 4.78 is 24.6. The fraction of sp³-hybridized carbons (Fsp3) is 0.176. The molecule has 0 bridgehead atoms. The number of sulfone groups is 1. The van der Waals surface area contributed by atoms with Crippen LogP contribution in [0.1, 0.15) is 22.3 Å². The van der Waals surface area contributed by atoms with E-state index < -0.39 is 27.1 Å². The molecule has 0 saturated carbocycles. The van der Waals surface area contributed by atoms with Gasteiger partial charge in [0.1, 0.15) is 11.5 Å². The van der Waals surface area contributed by atoms with E-state index in [0.29, 0.717) is 5.56 Å². The Hall–Kier alpha value is -2.67. The first kappa shape index (κ1) is 17.7. The van der Waals surface area contributed by atoms with Crippen LogP contribution in [-0.4, -0.2) is 31.0 Å². The number of carbonyl (C=O) groups excluding carboxylic acids is 2. The number of phenols is 1. The highest BCUT2D eigenvalue weighted by molar-refractivity contribution is 7.91. The quantitative estimate of drug-likeness (QED) is 0.790. The number of hydrogen-bond donors (Lipinski definition) is 1. The zero-order valence-electron chi connectivity index (χ0n) is 12.6. The van der Waals surface area contributed by atoms with Gasteiger partial charge in [-0.05, 0) is 23.8 Å². The molecule has 126 valence electrons. The van der Waals surface area contributed by atoms with Crippen molar-refractivity contribution in [2.45, 2.75) is 17.7 Å². The van der Waals surface area contributed by atoms with Crippen LogP contribution < -0.4 is 5.11 Å². The largest absolute Gasteiger partial charge is 0.545 e. The molecule has 0 atom stereocenters. The van der Waals surface area contributed by atoms with Gasteiger partial charge in [-0.1, -0.05) is 30.3 Å². The van der Waals surface area contributed by atoms with Crippen molar-refractivity contribution in [2.75, 3.05) is 5.75 Å². The summed E-state index contributed by atoms with van der Waals surface area (Å²) in [6, 6.07) is 11.2. The van der Waals surface area contributed by atoms with Crippen molar-refractivity contribution in [2.24, 2.45) is 0 Å². The summed E-state index contributed by atoms with van der Waals surface area (Å²) in [6.45, 7) is 0. The number of aromatic carboxylic acids is 1. The minimum atomic E-state index is -3.91. The average molecular weight is 347 g/mol. The number of rotatable bonds is 7. The SMILES string of the molecule is O=C(CCS(=O)(=O)c1ccccc1C(=O)[O-])Cc1ccc(O)cc1. The van der Waals surface area contributed by atoms with E-state index in [0.717, 1.165) is 6.07 Å². The first-order chi connectivity index (χ1) is 11.3. The maximum atomic E-state index is 12.3. The number of carboxylic acid groups (broad SMARTS) is 1. The van der Waals surface area contributed by atoms with Gasteiger partial charge in [0.05, 0.1) is 16.6 Å². The van der Waals surface area contributed by atoms with Crippen molar-refractivity contribution in [1.29, 1.82) is 0 Å². The van der Waals surface area contributed by atoms with E-state index >= 15 is 0 Å². The molecule has 7 heteroatoms. The molecule has 0 radical (unpaired) electrons. The van der Waals surface area contributed by atoms with Crippen molar-refractivity contribution in [3.8, 4) is 5.75 Å². The van der Waals surface area contributed by atoms with Crippen LogP contribution in [0.5, 0.6) is 5.75 Å². The lowest BCUT2D eigenvalue weighted by Gasteiger charge is -2.10. The second-order valence-corrected chi connectivity index (χ2v) is 7.31. The first-order valence-corrected chi connectivity index (χ1v) is 8.77. The van der Waals surface area contributed by atoms with Crippen LogP contribution in [0.3, 0.4) is 0 Å². The lowest BCUT2D eigenvalue weighted by atomic mass is 10.1. The van der Waals surface area contributed by atoms with Crippen LogP contribution in [0.15, 0.2) is 53.4 Å². The summed E-state index contributed by atoms with van der Waals surface area (Å²) in [7, 11) is -3.91. The highest BCUT2D eigenvalue weighted by Crippen LogP contribution is 2.18. The van der Waals surface area contributed by atoms with Crippen molar-refractivity contribution < 1.29 is 28.2 Å². The summed E-state index contributed by atoms with van der Waals surface area (Å²) in [6.07, 6.45) is -0.192. The van der Waals surface area contributed by atoms with Gasteiger partial charge in [0, 0.05) is 18.4 Å². The van der Waals surface area contributed by atoms with E-state index in [-0.39, 0.29) is 29.3 Å².